The molecule has 1 N–H and O–H groups in total. The van der Waals surface area contributed by atoms with Crippen LogP contribution in [0.15, 0.2) is 72.6 Å². The van der Waals surface area contributed by atoms with Crippen molar-refractivity contribution in [1.82, 2.24) is 4.98 Å². The van der Waals surface area contributed by atoms with E-state index in [1.807, 2.05) is 20.8 Å². The molecule has 8 heteroatoms. The van der Waals surface area contributed by atoms with Crippen molar-refractivity contribution in [2.45, 2.75) is 59.3 Å². The molecule has 39 heavy (non-hydrogen) atoms. The molecule has 1 aliphatic rings. The van der Waals surface area contributed by atoms with Gasteiger partial charge in [-0.1, -0.05) is 18.2 Å². The molecule has 1 unspecified atom stereocenters. The van der Waals surface area contributed by atoms with Gasteiger partial charge in [0.25, 0.3) is 11.7 Å². The molecule has 1 atom stereocenters. The largest absolute Gasteiger partial charge is 0.507 e. The van der Waals surface area contributed by atoms with Crippen LogP contribution in [0.25, 0.3) is 5.76 Å². The predicted molar refractivity (Wildman–Crippen MR) is 147 cm³/mol. The number of hydrogen-bond acceptors (Lipinski definition) is 7. The van der Waals surface area contributed by atoms with E-state index in [0.717, 1.165) is 5.56 Å². The van der Waals surface area contributed by atoms with Crippen LogP contribution in [0.3, 0.4) is 0 Å². The quantitative estimate of drug-likeness (QED) is 0.183. The number of aliphatic hydroxyl groups is 1. The maximum Gasteiger partial charge on any atom is 0.310 e. The number of aryl methyl sites for hydroxylation is 1. The van der Waals surface area contributed by atoms with Crippen LogP contribution in [-0.2, 0) is 25.5 Å². The number of amides is 1. The number of anilines is 1. The number of hydrogen-bond donors (Lipinski definition) is 1. The maximum absolute atomic E-state index is 13.4. The second-order valence-electron chi connectivity index (χ2n) is 9.98. The Morgan fingerprint density at radius 3 is 2.33 bits per heavy atom. The lowest BCUT2D eigenvalue weighted by Crippen LogP contribution is -2.29. The lowest BCUT2D eigenvalue weighted by molar-refractivity contribution is -0.146. The fourth-order valence-electron chi connectivity index (χ4n) is 4.54. The van der Waals surface area contributed by atoms with Gasteiger partial charge in [-0.05, 0) is 87.7 Å². The SMILES string of the molecule is Cc1cc(/C(O)=C2/C(=O)C(=O)N(c3ccc(CC(=O)OC(C)C)cc3)C2c2cccnc2)ccc1OC(C)C. The zero-order valence-electron chi connectivity index (χ0n) is 22.7. The molecule has 1 aliphatic heterocycles. The molecule has 0 aliphatic carbocycles. The van der Waals surface area contributed by atoms with E-state index < -0.39 is 17.7 Å². The first-order valence-corrected chi connectivity index (χ1v) is 12.8. The minimum absolute atomic E-state index is 0.0220. The highest BCUT2D eigenvalue weighted by Crippen LogP contribution is 2.42. The Morgan fingerprint density at radius 2 is 1.74 bits per heavy atom. The fraction of sp³-hybridized carbons (Fsp3) is 0.290. The van der Waals surface area contributed by atoms with Gasteiger partial charge in [0.2, 0.25) is 0 Å². The molecule has 3 aromatic rings. The van der Waals surface area contributed by atoms with Gasteiger partial charge >= 0.3 is 5.97 Å². The Morgan fingerprint density at radius 1 is 1.03 bits per heavy atom. The third-order valence-corrected chi connectivity index (χ3v) is 6.19. The molecule has 0 bridgehead atoms. The summed E-state index contributed by atoms with van der Waals surface area (Å²) in [7, 11) is 0. The number of carbonyl (C=O) groups excluding carboxylic acids is 3. The molecule has 202 valence electrons. The fourth-order valence-corrected chi connectivity index (χ4v) is 4.54. The Hall–Kier alpha value is -4.46. The first kappa shape index (κ1) is 27.6. The second-order valence-corrected chi connectivity index (χ2v) is 9.98. The molecule has 0 spiro atoms. The predicted octanol–water partition coefficient (Wildman–Crippen LogP) is 5.30. The smallest absolute Gasteiger partial charge is 0.310 e. The van der Waals surface area contributed by atoms with Crippen molar-refractivity contribution in [3.05, 3.63) is 94.8 Å². The standard InChI is InChI=1S/C31H32N2O6/c1-18(2)38-25-13-10-22(15-20(25)5)29(35)27-28(23-7-6-14-32-17-23)33(31(37)30(27)36)24-11-8-21(9-12-24)16-26(34)39-19(3)4/h6-15,17-19,28,35H,16H2,1-5H3/b29-27-. The highest BCUT2D eigenvalue weighted by molar-refractivity contribution is 6.51. The number of esters is 1. The molecule has 0 saturated carbocycles. The maximum atomic E-state index is 13.4. The molecular formula is C31H32N2O6. The third kappa shape index (κ3) is 6.00. The van der Waals surface area contributed by atoms with Gasteiger partial charge in [0.05, 0.1) is 30.2 Å². The summed E-state index contributed by atoms with van der Waals surface area (Å²) in [6.07, 6.45) is 3.01. The van der Waals surface area contributed by atoms with E-state index in [0.29, 0.717) is 28.1 Å². The van der Waals surface area contributed by atoms with Crippen molar-refractivity contribution in [1.29, 1.82) is 0 Å². The van der Waals surface area contributed by atoms with Crippen molar-refractivity contribution in [2.75, 3.05) is 4.90 Å². The van der Waals surface area contributed by atoms with E-state index in [1.165, 1.54) is 4.90 Å². The van der Waals surface area contributed by atoms with E-state index in [9.17, 15) is 19.5 Å². The van der Waals surface area contributed by atoms with Gasteiger partial charge in [-0.25, -0.2) is 0 Å². The van der Waals surface area contributed by atoms with Crippen LogP contribution in [0.4, 0.5) is 5.69 Å². The highest BCUT2D eigenvalue weighted by atomic mass is 16.5. The summed E-state index contributed by atoms with van der Waals surface area (Å²) in [5.41, 5.74) is 2.87. The molecule has 8 nitrogen and oxygen atoms in total. The van der Waals surface area contributed by atoms with Crippen LogP contribution >= 0.6 is 0 Å². The number of ketones is 1. The normalized spacial score (nSPS) is 16.7. The van der Waals surface area contributed by atoms with Crippen molar-refractivity contribution in [3.8, 4) is 5.75 Å². The van der Waals surface area contributed by atoms with Crippen molar-refractivity contribution >= 4 is 29.1 Å². The van der Waals surface area contributed by atoms with Crippen LogP contribution < -0.4 is 9.64 Å². The van der Waals surface area contributed by atoms with Crippen LogP contribution in [-0.4, -0.2) is 40.0 Å². The molecule has 2 heterocycles. The lowest BCUT2D eigenvalue weighted by Gasteiger charge is -2.25. The van der Waals surface area contributed by atoms with Crippen molar-refractivity contribution in [2.24, 2.45) is 0 Å². The van der Waals surface area contributed by atoms with E-state index in [-0.39, 0.29) is 35.9 Å². The summed E-state index contributed by atoms with van der Waals surface area (Å²) in [5, 5.41) is 11.4. The van der Waals surface area contributed by atoms with E-state index in [1.54, 1.807) is 80.8 Å². The van der Waals surface area contributed by atoms with Crippen molar-refractivity contribution in [3.63, 3.8) is 0 Å². The summed E-state index contributed by atoms with van der Waals surface area (Å²) < 4.78 is 11.0. The third-order valence-electron chi connectivity index (χ3n) is 6.19. The molecule has 1 amide bonds. The average Bonchev–Trinajstić information content (AvgIpc) is 3.15. The van der Waals surface area contributed by atoms with Gasteiger partial charge in [0.15, 0.2) is 0 Å². The second kappa shape index (κ2) is 11.5. The number of carbonyl (C=O) groups is 3. The Balaban J connectivity index is 1.76. The van der Waals surface area contributed by atoms with Crippen LogP contribution in [0.1, 0.15) is 56.0 Å². The molecule has 2 aromatic carbocycles. The first-order valence-electron chi connectivity index (χ1n) is 12.8. The summed E-state index contributed by atoms with van der Waals surface area (Å²) in [4.78, 5) is 44.4. The molecule has 1 fully saturated rings. The van der Waals surface area contributed by atoms with Gasteiger partial charge in [-0.15, -0.1) is 0 Å². The molecular weight excluding hydrogens is 496 g/mol. The minimum atomic E-state index is -0.901. The number of Topliss-reactive ketones (excluding diaryl/α,β-unsaturated/α-hetero) is 1. The first-order chi connectivity index (χ1) is 18.6. The Kier molecular flexibility index (Phi) is 8.14. The van der Waals surface area contributed by atoms with Crippen LogP contribution in [0.2, 0.25) is 0 Å². The molecule has 0 radical (unpaired) electrons. The monoisotopic (exact) mass is 528 g/mol. The van der Waals surface area contributed by atoms with Gasteiger partial charge in [0, 0.05) is 23.6 Å². The topological polar surface area (TPSA) is 106 Å². The number of aromatic nitrogens is 1. The number of rotatable bonds is 8. The number of nitrogens with zero attached hydrogens (tertiary/aromatic N) is 2. The number of aliphatic hydroxyl groups excluding tert-OH is 1. The zero-order chi connectivity index (χ0) is 28.3. The summed E-state index contributed by atoms with van der Waals surface area (Å²) in [6, 6.07) is 14.5. The number of ether oxygens (including phenoxy) is 2. The highest BCUT2D eigenvalue weighted by Gasteiger charge is 2.47. The number of pyridine rings is 1. The molecule has 4 rings (SSSR count). The molecule has 1 saturated heterocycles. The van der Waals surface area contributed by atoms with E-state index in [2.05, 4.69) is 4.98 Å². The van der Waals surface area contributed by atoms with Gasteiger partial charge in [-0.3, -0.25) is 24.3 Å². The van der Waals surface area contributed by atoms with Gasteiger partial charge < -0.3 is 14.6 Å². The summed E-state index contributed by atoms with van der Waals surface area (Å²) in [6.45, 7) is 9.26. The Labute approximate surface area is 227 Å². The van der Waals surface area contributed by atoms with Crippen LogP contribution in [0.5, 0.6) is 5.75 Å². The Bertz CT molecular complexity index is 1410. The van der Waals surface area contributed by atoms with Gasteiger partial charge in [0.1, 0.15) is 11.5 Å². The minimum Gasteiger partial charge on any atom is -0.507 e. The molecule has 1 aromatic heterocycles. The lowest BCUT2D eigenvalue weighted by atomic mass is 9.95. The van der Waals surface area contributed by atoms with E-state index >= 15 is 0 Å². The average molecular weight is 529 g/mol. The number of benzene rings is 2. The van der Waals surface area contributed by atoms with E-state index in [4.69, 9.17) is 9.47 Å². The van der Waals surface area contributed by atoms with Gasteiger partial charge in [-0.2, -0.15) is 0 Å². The summed E-state index contributed by atoms with van der Waals surface area (Å²) >= 11 is 0. The zero-order valence-corrected chi connectivity index (χ0v) is 22.7. The summed E-state index contributed by atoms with van der Waals surface area (Å²) in [5.74, 6) is -1.53. The van der Waals surface area contributed by atoms with Crippen molar-refractivity contribution < 1.29 is 29.0 Å². The van der Waals surface area contributed by atoms with Crippen LogP contribution in [0, 0.1) is 6.92 Å².